The molecule has 1 aromatic rings. The van der Waals surface area contributed by atoms with Gasteiger partial charge in [0.1, 0.15) is 6.54 Å². The monoisotopic (exact) mass is 406 g/mol. The summed E-state index contributed by atoms with van der Waals surface area (Å²) in [6, 6.07) is 7.08. The van der Waals surface area contributed by atoms with Gasteiger partial charge in [-0.05, 0) is 44.9 Å². The normalized spacial score (nSPS) is 18.1. The molecule has 1 aliphatic heterocycles. The van der Waals surface area contributed by atoms with E-state index in [9.17, 15) is 14.4 Å². The van der Waals surface area contributed by atoms with Crippen LogP contribution >= 0.6 is 11.6 Å². The molecule has 0 bridgehead atoms. The number of carbonyl (C=O) groups is 3. The summed E-state index contributed by atoms with van der Waals surface area (Å²) in [7, 11) is 0. The van der Waals surface area contributed by atoms with Crippen LogP contribution in [-0.4, -0.2) is 41.9 Å². The average Bonchev–Trinajstić information content (AvgIpc) is 2.65. The summed E-state index contributed by atoms with van der Waals surface area (Å²) in [5.74, 6) is -1.36. The molecule has 0 saturated heterocycles. The third kappa shape index (κ3) is 5.13. The van der Waals surface area contributed by atoms with Crippen LogP contribution in [0.2, 0.25) is 5.02 Å². The second-order valence-corrected chi connectivity index (χ2v) is 7.32. The Balaban J connectivity index is 2.39. The van der Waals surface area contributed by atoms with Crippen LogP contribution in [0.1, 0.15) is 52.0 Å². The van der Waals surface area contributed by atoms with E-state index in [0.29, 0.717) is 16.3 Å². The van der Waals surface area contributed by atoms with E-state index in [-0.39, 0.29) is 37.4 Å². The number of benzene rings is 1. The fourth-order valence-electron chi connectivity index (χ4n) is 3.22. The van der Waals surface area contributed by atoms with Crippen LogP contribution in [0.15, 0.2) is 35.5 Å². The number of rotatable bonds is 7. The van der Waals surface area contributed by atoms with Crippen molar-refractivity contribution < 1.29 is 19.1 Å². The van der Waals surface area contributed by atoms with E-state index in [1.165, 1.54) is 4.90 Å². The van der Waals surface area contributed by atoms with Crippen LogP contribution in [-0.2, 0) is 19.1 Å². The van der Waals surface area contributed by atoms with Gasteiger partial charge < -0.3 is 15.0 Å². The number of nitrogens with one attached hydrogen (secondary N) is 1. The Morgan fingerprint density at radius 2 is 1.93 bits per heavy atom. The highest BCUT2D eigenvalue weighted by Gasteiger charge is 2.37. The van der Waals surface area contributed by atoms with Gasteiger partial charge in [0.15, 0.2) is 0 Å². The molecule has 0 spiro atoms. The molecule has 0 aromatic heterocycles. The van der Waals surface area contributed by atoms with Crippen molar-refractivity contribution in [2.45, 2.75) is 52.5 Å². The second kappa shape index (κ2) is 9.73. The Kier molecular flexibility index (Phi) is 7.63. The topological polar surface area (TPSA) is 75.7 Å². The van der Waals surface area contributed by atoms with Crippen molar-refractivity contribution in [3.05, 3.63) is 46.1 Å². The maximum absolute atomic E-state index is 12.8. The summed E-state index contributed by atoms with van der Waals surface area (Å²) < 4.78 is 5.24. The lowest BCUT2D eigenvalue weighted by molar-refractivity contribution is -0.141. The van der Waals surface area contributed by atoms with Gasteiger partial charge >= 0.3 is 5.97 Å². The lowest BCUT2D eigenvalue weighted by Gasteiger charge is -2.34. The Hall–Kier alpha value is -2.34. The van der Waals surface area contributed by atoms with Gasteiger partial charge in [0.25, 0.3) is 0 Å². The molecule has 1 N–H and O–H groups in total. The van der Waals surface area contributed by atoms with Gasteiger partial charge in [0.2, 0.25) is 11.8 Å². The van der Waals surface area contributed by atoms with Crippen molar-refractivity contribution in [3.63, 3.8) is 0 Å². The van der Waals surface area contributed by atoms with Crippen LogP contribution in [0.5, 0.6) is 0 Å². The number of esters is 1. The molecule has 0 aliphatic carbocycles. The van der Waals surface area contributed by atoms with E-state index in [2.05, 4.69) is 5.32 Å². The highest BCUT2D eigenvalue weighted by atomic mass is 35.5. The van der Waals surface area contributed by atoms with E-state index < -0.39 is 11.9 Å². The first-order valence-corrected chi connectivity index (χ1v) is 9.89. The maximum atomic E-state index is 12.8. The van der Waals surface area contributed by atoms with Gasteiger partial charge in [-0.1, -0.05) is 30.7 Å². The van der Waals surface area contributed by atoms with Crippen LogP contribution in [0.3, 0.4) is 0 Å². The van der Waals surface area contributed by atoms with E-state index in [1.54, 1.807) is 38.1 Å². The van der Waals surface area contributed by atoms with Crippen LogP contribution in [0.4, 0.5) is 0 Å². The molecule has 2 atom stereocenters. The summed E-state index contributed by atoms with van der Waals surface area (Å²) in [6.45, 7) is 7.40. The second-order valence-electron chi connectivity index (χ2n) is 6.88. The summed E-state index contributed by atoms with van der Waals surface area (Å²) in [5.41, 5.74) is 1.66. The van der Waals surface area contributed by atoms with Gasteiger partial charge in [0.05, 0.1) is 12.2 Å². The number of hydrogen-bond acceptors (Lipinski definition) is 4. The smallest absolute Gasteiger partial charge is 0.336 e. The first-order valence-electron chi connectivity index (χ1n) is 9.51. The molecule has 28 heavy (non-hydrogen) atoms. The van der Waals surface area contributed by atoms with E-state index >= 15 is 0 Å². The summed E-state index contributed by atoms with van der Waals surface area (Å²) >= 11 is 5.97. The number of halogens is 1. The zero-order valence-electron chi connectivity index (χ0n) is 16.8. The minimum absolute atomic E-state index is 0.0167. The van der Waals surface area contributed by atoms with Gasteiger partial charge in [-0.25, -0.2) is 4.79 Å². The van der Waals surface area contributed by atoms with Crippen molar-refractivity contribution in [2.24, 2.45) is 0 Å². The number of allylic oxidation sites excluding steroid dienone is 1. The maximum Gasteiger partial charge on any atom is 0.336 e. The third-order valence-electron chi connectivity index (χ3n) is 4.91. The third-order valence-corrected chi connectivity index (χ3v) is 5.16. The van der Waals surface area contributed by atoms with E-state index in [1.807, 2.05) is 13.8 Å². The molecule has 0 fully saturated rings. The van der Waals surface area contributed by atoms with E-state index in [4.69, 9.17) is 16.3 Å². The zero-order valence-corrected chi connectivity index (χ0v) is 17.5. The fourth-order valence-corrected chi connectivity index (χ4v) is 3.35. The standard InChI is InChI=1S/C21H27ClN2O4/c1-5-13(3)23-18(25)12-24-14(4)20(21(27)28-6-2)17(11-19(24)26)15-7-9-16(22)10-8-15/h7-10,13,17H,5-6,11-12H2,1-4H3,(H,23,25)/t13-,17-/m1/s1. The molecule has 1 heterocycles. The predicted molar refractivity (Wildman–Crippen MR) is 108 cm³/mol. The summed E-state index contributed by atoms with van der Waals surface area (Å²) in [4.78, 5) is 39.2. The van der Waals surface area contributed by atoms with Crippen molar-refractivity contribution in [3.8, 4) is 0 Å². The molecule has 2 amide bonds. The number of carbonyl (C=O) groups excluding carboxylic acids is 3. The van der Waals surface area contributed by atoms with Crippen LogP contribution in [0.25, 0.3) is 0 Å². The van der Waals surface area contributed by atoms with Crippen molar-refractivity contribution in [2.75, 3.05) is 13.2 Å². The molecule has 152 valence electrons. The Bertz CT molecular complexity index is 773. The predicted octanol–water partition coefficient (Wildman–Crippen LogP) is 3.41. The van der Waals surface area contributed by atoms with Gasteiger partial charge in [-0.3, -0.25) is 9.59 Å². The van der Waals surface area contributed by atoms with Crippen LogP contribution < -0.4 is 5.32 Å². The largest absolute Gasteiger partial charge is 0.463 e. The number of hydrogen-bond donors (Lipinski definition) is 1. The molecule has 0 unspecified atom stereocenters. The van der Waals surface area contributed by atoms with Gasteiger partial charge in [-0.15, -0.1) is 0 Å². The van der Waals surface area contributed by atoms with E-state index in [0.717, 1.165) is 12.0 Å². The summed E-state index contributed by atoms with van der Waals surface area (Å²) in [5, 5.41) is 3.43. The van der Waals surface area contributed by atoms with Crippen molar-refractivity contribution in [1.29, 1.82) is 0 Å². The average molecular weight is 407 g/mol. The van der Waals surface area contributed by atoms with Crippen molar-refractivity contribution in [1.82, 2.24) is 10.2 Å². The minimum atomic E-state index is -0.472. The SMILES string of the molecule is CCOC(=O)C1=C(C)N(CC(=O)N[C@H](C)CC)C(=O)C[C@@H]1c1ccc(Cl)cc1. The molecular weight excluding hydrogens is 380 g/mol. The molecule has 0 saturated carbocycles. The Morgan fingerprint density at radius 1 is 1.29 bits per heavy atom. The van der Waals surface area contributed by atoms with Crippen molar-refractivity contribution >= 4 is 29.4 Å². The zero-order chi connectivity index (χ0) is 20.8. The lowest BCUT2D eigenvalue weighted by atomic mass is 9.83. The Labute approximate surface area is 170 Å². The highest BCUT2D eigenvalue weighted by Crippen LogP contribution is 2.37. The number of ether oxygens (including phenoxy) is 1. The minimum Gasteiger partial charge on any atom is -0.463 e. The quantitative estimate of drug-likeness (QED) is 0.704. The molecule has 0 radical (unpaired) electrons. The van der Waals surface area contributed by atoms with Crippen LogP contribution in [0, 0.1) is 0 Å². The molecule has 7 heteroatoms. The lowest BCUT2D eigenvalue weighted by Crippen LogP contribution is -2.45. The molecule has 6 nitrogen and oxygen atoms in total. The Morgan fingerprint density at radius 3 is 2.50 bits per heavy atom. The molecule has 1 aromatic carbocycles. The number of nitrogens with zero attached hydrogens (tertiary/aromatic N) is 1. The fraction of sp³-hybridized carbons (Fsp3) is 0.476. The molecule has 1 aliphatic rings. The first-order chi connectivity index (χ1) is 13.3. The molecule has 2 rings (SSSR count). The molecular formula is C21H27ClN2O4. The summed E-state index contributed by atoms with van der Waals surface area (Å²) in [6.07, 6.45) is 0.880. The van der Waals surface area contributed by atoms with Gasteiger partial charge in [0, 0.05) is 29.1 Å². The van der Waals surface area contributed by atoms with Gasteiger partial charge in [-0.2, -0.15) is 0 Å². The first kappa shape index (κ1) is 22.0. The number of amides is 2. The highest BCUT2D eigenvalue weighted by molar-refractivity contribution is 6.30.